The minimum absolute atomic E-state index is 0.0334. The van der Waals surface area contributed by atoms with E-state index in [1.54, 1.807) is 0 Å². The van der Waals surface area contributed by atoms with Crippen molar-refractivity contribution in [3.63, 3.8) is 0 Å². The van der Waals surface area contributed by atoms with Crippen molar-refractivity contribution >= 4 is 57.0 Å². The van der Waals surface area contributed by atoms with Crippen LogP contribution >= 0.6 is 31.9 Å². The highest BCUT2D eigenvalue weighted by atomic mass is 79.9. The summed E-state index contributed by atoms with van der Waals surface area (Å²) < 4.78 is 25.4. The quantitative estimate of drug-likeness (QED) is 0.400. The van der Waals surface area contributed by atoms with E-state index in [0.717, 1.165) is 23.8 Å². The highest BCUT2D eigenvalue weighted by Gasteiger charge is 2.53. The maximum absolute atomic E-state index is 6.53. The molecule has 2 heterocycles. The first-order valence-corrected chi connectivity index (χ1v) is 12.6. The van der Waals surface area contributed by atoms with E-state index < -0.39 is 5.60 Å². The predicted molar refractivity (Wildman–Crippen MR) is 129 cm³/mol. The van der Waals surface area contributed by atoms with Crippen LogP contribution in [0.4, 0.5) is 0 Å². The van der Waals surface area contributed by atoms with E-state index in [9.17, 15) is 0 Å². The van der Waals surface area contributed by atoms with Crippen LogP contribution in [0, 0.1) is 0 Å². The van der Waals surface area contributed by atoms with Gasteiger partial charge < -0.3 is 18.6 Å². The van der Waals surface area contributed by atoms with Gasteiger partial charge in [0.15, 0.2) is 0 Å². The Balaban J connectivity index is 1.46. The van der Waals surface area contributed by atoms with Gasteiger partial charge in [-0.15, -0.1) is 0 Å². The molecule has 2 aromatic rings. The lowest BCUT2D eigenvalue weighted by molar-refractivity contribution is 0.0244. The van der Waals surface area contributed by atoms with Crippen LogP contribution in [0.25, 0.3) is 0 Å². The fraction of sp³-hybridized carbons (Fsp3) is 0.455. The molecule has 3 atom stereocenters. The molecule has 4 rings (SSSR count). The van der Waals surface area contributed by atoms with E-state index in [2.05, 4.69) is 45.7 Å². The molecule has 158 valence electrons. The number of alkyl halides is 2. The molecule has 8 heteroatoms. The van der Waals surface area contributed by atoms with Crippen molar-refractivity contribution in [2.75, 3.05) is 10.7 Å². The van der Waals surface area contributed by atoms with E-state index in [-0.39, 0.29) is 32.0 Å². The van der Waals surface area contributed by atoms with E-state index >= 15 is 0 Å². The van der Waals surface area contributed by atoms with Crippen molar-refractivity contribution in [1.82, 2.24) is 0 Å². The number of rotatable bonds is 7. The molecule has 0 bridgehead atoms. The molecule has 4 nitrogen and oxygen atoms in total. The Labute approximate surface area is 196 Å². The second-order valence-corrected chi connectivity index (χ2v) is 9.67. The first-order valence-electron chi connectivity index (χ1n) is 10.4. The van der Waals surface area contributed by atoms with Crippen molar-refractivity contribution in [3.05, 3.63) is 60.7 Å². The summed E-state index contributed by atoms with van der Waals surface area (Å²) in [6, 6.07) is 20.2. The molecule has 0 aromatic heterocycles. The molecule has 2 aliphatic heterocycles. The van der Waals surface area contributed by atoms with Gasteiger partial charge in [-0.3, -0.25) is 0 Å². The molecule has 0 N–H and O–H groups in total. The molecule has 2 aromatic carbocycles. The maximum Gasteiger partial charge on any atom is 0.494 e. The molecular formula is C22H26B2Br2O4. The normalized spacial score (nSPS) is 28.3. The average Bonchev–Trinajstić information content (AvgIpc) is 3.30. The van der Waals surface area contributed by atoms with Crippen LogP contribution in [0.15, 0.2) is 60.7 Å². The minimum atomic E-state index is -0.436. The van der Waals surface area contributed by atoms with Crippen molar-refractivity contribution in [2.45, 2.75) is 50.1 Å². The summed E-state index contributed by atoms with van der Waals surface area (Å²) in [5, 5.41) is 1.40. The summed E-state index contributed by atoms with van der Waals surface area (Å²) in [6.45, 7) is 4.20. The van der Waals surface area contributed by atoms with Gasteiger partial charge in [0.1, 0.15) is 0 Å². The Morgan fingerprint density at radius 2 is 1.33 bits per heavy atom. The molecule has 2 aliphatic rings. The zero-order chi connectivity index (χ0) is 21.2. The van der Waals surface area contributed by atoms with Crippen LogP contribution < -0.4 is 10.9 Å². The van der Waals surface area contributed by atoms with Gasteiger partial charge in [0.25, 0.3) is 0 Å². The Morgan fingerprint density at radius 3 is 1.87 bits per heavy atom. The lowest BCUT2D eigenvalue weighted by Gasteiger charge is -2.34. The molecule has 0 unspecified atom stereocenters. The van der Waals surface area contributed by atoms with E-state index in [1.807, 2.05) is 60.7 Å². The zero-order valence-electron chi connectivity index (χ0n) is 17.3. The highest BCUT2D eigenvalue weighted by molar-refractivity contribution is 9.09. The maximum atomic E-state index is 6.53. The SMILES string of the molecule is CC1(C)OB(c2ccccc2)O[C@@H]1CC[C@]1(CBr)OB(c2ccccc2)O[C@@H]1CBr. The Kier molecular flexibility index (Phi) is 7.12. The summed E-state index contributed by atoms with van der Waals surface area (Å²) in [7, 11) is -0.701. The average molecular weight is 536 g/mol. The fourth-order valence-electron chi connectivity index (χ4n) is 4.17. The Bertz CT molecular complexity index is 826. The van der Waals surface area contributed by atoms with Gasteiger partial charge in [0.05, 0.1) is 23.4 Å². The van der Waals surface area contributed by atoms with Gasteiger partial charge in [-0.1, -0.05) is 92.5 Å². The van der Waals surface area contributed by atoms with Crippen LogP contribution in [0.2, 0.25) is 0 Å². The molecule has 2 saturated heterocycles. The first kappa shape index (κ1) is 22.6. The second-order valence-electron chi connectivity index (χ2n) is 8.47. The molecule has 0 amide bonds. The van der Waals surface area contributed by atoms with Crippen LogP contribution in [-0.2, 0) is 18.6 Å². The molecule has 0 saturated carbocycles. The van der Waals surface area contributed by atoms with Crippen molar-refractivity contribution in [2.24, 2.45) is 0 Å². The predicted octanol–water partition coefficient (Wildman–Crippen LogP) is 3.70. The monoisotopic (exact) mass is 534 g/mol. The lowest BCUT2D eigenvalue weighted by atomic mass is 9.79. The molecular weight excluding hydrogens is 510 g/mol. The van der Waals surface area contributed by atoms with Gasteiger partial charge in [-0.25, -0.2) is 0 Å². The lowest BCUT2D eigenvalue weighted by Crippen LogP contribution is -2.45. The summed E-state index contributed by atoms with van der Waals surface area (Å²) in [5.74, 6) is 0. The van der Waals surface area contributed by atoms with Crippen LogP contribution in [0.5, 0.6) is 0 Å². The van der Waals surface area contributed by atoms with Crippen LogP contribution in [0.3, 0.4) is 0 Å². The van der Waals surface area contributed by atoms with Gasteiger partial charge in [-0.05, 0) is 37.6 Å². The summed E-state index contributed by atoms with van der Waals surface area (Å²) >= 11 is 7.33. The highest BCUT2D eigenvalue weighted by Crippen LogP contribution is 2.39. The molecule has 0 aliphatic carbocycles. The van der Waals surface area contributed by atoms with Gasteiger partial charge >= 0.3 is 14.2 Å². The van der Waals surface area contributed by atoms with Crippen LogP contribution in [-0.4, -0.2) is 48.3 Å². The second kappa shape index (κ2) is 9.47. The number of benzene rings is 2. The Morgan fingerprint density at radius 1 is 0.800 bits per heavy atom. The largest absolute Gasteiger partial charge is 0.494 e. The topological polar surface area (TPSA) is 36.9 Å². The van der Waals surface area contributed by atoms with E-state index in [4.69, 9.17) is 18.6 Å². The third-order valence-electron chi connectivity index (χ3n) is 6.03. The van der Waals surface area contributed by atoms with Gasteiger partial charge in [-0.2, -0.15) is 0 Å². The fourth-order valence-corrected chi connectivity index (χ4v) is 5.68. The Hall–Kier alpha value is -0.630. The third-order valence-corrected chi connectivity index (χ3v) is 7.57. The number of hydrogen-bond acceptors (Lipinski definition) is 4. The van der Waals surface area contributed by atoms with E-state index in [1.165, 1.54) is 0 Å². The van der Waals surface area contributed by atoms with Crippen molar-refractivity contribution in [3.8, 4) is 0 Å². The van der Waals surface area contributed by atoms with Crippen molar-refractivity contribution < 1.29 is 18.6 Å². The first-order chi connectivity index (χ1) is 14.5. The molecule has 0 radical (unpaired) electrons. The van der Waals surface area contributed by atoms with Crippen LogP contribution in [0.1, 0.15) is 26.7 Å². The van der Waals surface area contributed by atoms with Gasteiger partial charge in [0, 0.05) is 10.7 Å². The summed E-state index contributed by atoms with van der Waals surface area (Å²) in [6.07, 6.45) is 1.53. The minimum Gasteiger partial charge on any atom is -0.402 e. The number of hydrogen-bond donors (Lipinski definition) is 0. The zero-order valence-corrected chi connectivity index (χ0v) is 20.5. The molecule has 0 spiro atoms. The smallest absolute Gasteiger partial charge is 0.402 e. The van der Waals surface area contributed by atoms with Crippen molar-refractivity contribution in [1.29, 1.82) is 0 Å². The summed E-state index contributed by atoms with van der Waals surface area (Å²) in [5.41, 5.74) is 1.27. The number of halogens is 2. The van der Waals surface area contributed by atoms with E-state index in [0.29, 0.717) is 10.7 Å². The van der Waals surface area contributed by atoms with Gasteiger partial charge in [0.2, 0.25) is 0 Å². The molecule has 2 fully saturated rings. The standard InChI is InChI=1S/C22H26B2Br2O4/c1-21(2)19(27-23(29-21)17-9-5-3-6-10-17)13-14-22(16-26)20(15-25)28-24(30-22)18-11-7-4-8-12-18/h3-12,19-20H,13-16H2,1-2H3/t19-,20-,22-/m1/s1. The summed E-state index contributed by atoms with van der Waals surface area (Å²) in [4.78, 5) is 0. The molecule has 30 heavy (non-hydrogen) atoms. The third kappa shape index (κ3) is 4.59.